The molecule has 0 fully saturated rings. The second kappa shape index (κ2) is 5.34. The lowest BCUT2D eigenvalue weighted by Crippen LogP contribution is -1.82. The largest absolute Gasteiger partial charge is 0.298 e. The van der Waals surface area contributed by atoms with E-state index < -0.39 is 0 Å². The summed E-state index contributed by atoms with van der Waals surface area (Å²) in [7, 11) is 0. The maximum atomic E-state index is 13.0. The van der Waals surface area contributed by atoms with Gasteiger partial charge in [0.2, 0.25) is 0 Å². The number of hydrogen-bond acceptors (Lipinski definition) is 2. The van der Waals surface area contributed by atoms with Gasteiger partial charge in [-0.1, -0.05) is 35.5 Å². The van der Waals surface area contributed by atoms with E-state index in [1.54, 1.807) is 30.3 Å². The van der Waals surface area contributed by atoms with E-state index in [4.69, 9.17) is 11.6 Å². The Morgan fingerprint density at radius 1 is 1.18 bits per heavy atom. The Labute approximate surface area is 108 Å². The number of aldehydes is 1. The lowest BCUT2D eigenvalue weighted by molar-refractivity contribution is 0.112. The maximum absolute atomic E-state index is 13.0. The molecule has 0 aliphatic rings. The molecule has 0 bridgehead atoms. The Morgan fingerprint density at radius 3 is 2.65 bits per heavy atom. The first-order valence-corrected chi connectivity index (χ1v) is 6.06. The van der Waals surface area contributed by atoms with Gasteiger partial charge >= 0.3 is 0 Å². The molecule has 2 rings (SSSR count). The molecule has 86 valence electrons. The zero-order valence-electron chi connectivity index (χ0n) is 8.69. The van der Waals surface area contributed by atoms with Crippen LogP contribution in [-0.2, 0) is 0 Å². The van der Waals surface area contributed by atoms with Gasteiger partial charge in [0.15, 0.2) is 0 Å². The van der Waals surface area contributed by atoms with E-state index in [1.807, 2.05) is 0 Å². The smallest absolute Gasteiger partial charge is 0.150 e. The number of carbonyl (C=O) groups is 1. The first kappa shape index (κ1) is 12.1. The Balaban J connectivity index is 2.27. The quantitative estimate of drug-likeness (QED) is 0.764. The first-order chi connectivity index (χ1) is 8.19. The normalized spacial score (nSPS) is 10.2. The van der Waals surface area contributed by atoms with Gasteiger partial charge in [0.1, 0.15) is 12.1 Å². The molecule has 0 saturated heterocycles. The highest BCUT2D eigenvalue weighted by molar-refractivity contribution is 7.99. The molecule has 0 unspecified atom stereocenters. The van der Waals surface area contributed by atoms with Crippen molar-refractivity contribution in [2.45, 2.75) is 9.79 Å². The van der Waals surface area contributed by atoms with E-state index in [9.17, 15) is 9.18 Å². The molecule has 4 heteroatoms. The first-order valence-electron chi connectivity index (χ1n) is 4.87. The molecule has 17 heavy (non-hydrogen) atoms. The van der Waals surface area contributed by atoms with Crippen molar-refractivity contribution in [1.82, 2.24) is 0 Å². The maximum Gasteiger partial charge on any atom is 0.150 e. The van der Waals surface area contributed by atoms with Gasteiger partial charge in [0.05, 0.1) is 5.02 Å². The van der Waals surface area contributed by atoms with Crippen molar-refractivity contribution in [3.8, 4) is 0 Å². The van der Waals surface area contributed by atoms with Crippen LogP contribution in [0.15, 0.2) is 52.3 Å². The average molecular weight is 267 g/mol. The summed E-state index contributed by atoms with van der Waals surface area (Å²) in [4.78, 5) is 12.1. The van der Waals surface area contributed by atoms with Crippen molar-refractivity contribution in [2.75, 3.05) is 0 Å². The van der Waals surface area contributed by atoms with Crippen molar-refractivity contribution in [1.29, 1.82) is 0 Å². The molecule has 0 aliphatic heterocycles. The summed E-state index contributed by atoms with van der Waals surface area (Å²) in [5.74, 6) is -0.282. The highest BCUT2D eigenvalue weighted by Crippen LogP contribution is 2.33. The Hall–Kier alpha value is -1.32. The number of benzene rings is 2. The minimum Gasteiger partial charge on any atom is -0.298 e. The van der Waals surface area contributed by atoms with Crippen LogP contribution in [0.5, 0.6) is 0 Å². The van der Waals surface area contributed by atoms with Gasteiger partial charge < -0.3 is 0 Å². The minimum absolute atomic E-state index is 0.282. The van der Waals surface area contributed by atoms with Gasteiger partial charge in [-0.25, -0.2) is 4.39 Å². The molecule has 0 N–H and O–H groups in total. The number of rotatable bonds is 3. The fourth-order valence-electron chi connectivity index (χ4n) is 1.33. The van der Waals surface area contributed by atoms with Crippen molar-refractivity contribution in [3.05, 3.63) is 58.9 Å². The topological polar surface area (TPSA) is 17.1 Å². The summed E-state index contributed by atoms with van der Waals surface area (Å²) in [6, 6.07) is 11.3. The fraction of sp³-hybridized carbons (Fsp3) is 0. The third-order valence-corrected chi connectivity index (χ3v) is 3.61. The molecule has 0 amide bonds. The van der Waals surface area contributed by atoms with Crippen molar-refractivity contribution >= 4 is 29.6 Å². The standard InChI is InChI=1S/C13H8ClFOS/c14-12-6-9(8-16)4-5-13(12)17-11-3-1-2-10(15)7-11/h1-8H. The molecule has 0 atom stereocenters. The third-order valence-electron chi connectivity index (χ3n) is 2.12. The predicted molar refractivity (Wildman–Crippen MR) is 67.4 cm³/mol. The molecule has 2 aromatic rings. The number of hydrogen-bond donors (Lipinski definition) is 0. The highest BCUT2D eigenvalue weighted by Gasteiger charge is 2.04. The molecule has 2 aromatic carbocycles. The zero-order valence-corrected chi connectivity index (χ0v) is 10.3. The van der Waals surface area contributed by atoms with Crippen LogP contribution in [0.3, 0.4) is 0 Å². The van der Waals surface area contributed by atoms with Gasteiger partial charge in [-0.3, -0.25) is 4.79 Å². The van der Waals surface area contributed by atoms with E-state index in [0.29, 0.717) is 10.6 Å². The molecular formula is C13H8ClFOS. The summed E-state index contributed by atoms with van der Waals surface area (Å²) in [6.45, 7) is 0. The molecule has 0 spiro atoms. The van der Waals surface area contributed by atoms with E-state index in [2.05, 4.69) is 0 Å². The van der Waals surface area contributed by atoms with Crippen LogP contribution >= 0.6 is 23.4 Å². The van der Waals surface area contributed by atoms with Gasteiger partial charge in [-0.15, -0.1) is 0 Å². The third kappa shape index (κ3) is 3.08. The number of halogens is 2. The number of carbonyl (C=O) groups excluding carboxylic acids is 1. The Morgan fingerprint density at radius 2 is 2.00 bits per heavy atom. The van der Waals surface area contributed by atoms with Crippen molar-refractivity contribution in [2.24, 2.45) is 0 Å². The second-order valence-corrected chi connectivity index (χ2v) is 4.89. The summed E-state index contributed by atoms with van der Waals surface area (Å²) in [5.41, 5.74) is 0.526. The van der Waals surface area contributed by atoms with Crippen LogP contribution in [0.4, 0.5) is 4.39 Å². The van der Waals surface area contributed by atoms with Crippen molar-refractivity contribution < 1.29 is 9.18 Å². The predicted octanol–water partition coefficient (Wildman–Crippen LogP) is 4.44. The van der Waals surface area contributed by atoms with Gasteiger partial charge in [0.25, 0.3) is 0 Å². The minimum atomic E-state index is -0.282. The molecular weight excluding hydrogens is 259 g/mol. The lowest BCUT2D eigenvalue weighted by atomic mass is 10.2. The van der Waals surface area contributed by atoms with Crippen LogP contribution in [0.1, 0.15) is 10.4 Å². The highest BCUT2D eigenvalue weighted by atomic mass is 35.5. The van der Waals surface area contributed by atoms with Gasteiger partial charge in [-0.05, 0) is 30.3 Å². The van der Waals surface area contributed by atoms with Crippen LogP contribution in [0.25, 0.3) is 0 Å². The van der Waals surface area contributed by atoms with Crippen LogP contribution < -0.4 is 0 Å². The lowest BCUT2D eigenvalue weighted by Gasteiger charge is -2.04. The monoisotopic (exact) mass is 266 g/mol. The van der Waals surface area contributed by atoms with E-state index in [1.165, 1.54) is 23.9 Å². The van der Waals surface area contributed by atoms with E-state index in [0.717, 1.165) is 16.1 Å². The molecule has 0 aromatic heterocycles. The van der Waals surface area contributed by atoms with Crippen LogP contribution in [-0.4, -0.2) is 6.29 Å². The summed E-state index contributed by atoms with van der Waals surface area (Å²) in [5, 5.41) is 0.490. The average Bonchev–Trinajstić information content (AvgIpc) is 2.32. The van der Waals surface area contributed by atoms with Gasteiger partial charge in [-0.2, -0.15) is 0 Å². The van der Waals surface area contributed by atoms with Crippen LogP contribution in [0.2, 0.25) is 5.02 Å². The Kier molecular flexibility index (Phi) is 3.82. The Bertz CT molecular complexity index is 557. The molecule has 0 saturated carbocycles. The molecule has 0 radical (unpaired) electrons. The molecule has 0 aliphatic carbocycles. The van der Waals surface area contributed by atoms with Gasteiger partial charge in [0, 0.05) is 15.4 Å². The van der Waals surface area contributed by atoms with E-state index in [-0.39, 0.29) is 5.82 Å². The molecule has 0 heterocycles. The summed E-state index contributed by atoms with van der Waals surface area (Å²) in [6.07, 6.45) is 0.739. The fourth-order valence-corrected chi connectivity index (χ4v) is 2.50. The SMILES string of the molecule is O=Cc1ccc(Sc2cccc(F)c2)c(Cl)c1. The van der Waals surface area contributed by atoms with Crippen LogP contribution in [0, 0.1) is 5.82 Å². The van der Waals surface area contributed by atoms with Crippen molar-refractivity contribution in [3.63, 3.8) is 0 Å². The summed E-state index contributed by atoms with van der Waals surface area (Å²) < 4.78 is 13.0. The molecule has 1 nitrogen and oxygen atoms in total. The van der Waals surface area contributed by atoms with E-state index >= 15 is 0 Å². The second-order valence-electron chi connectivity index (χ2n) is 3.37. The zero-order chi connectivity index (χ0) is 12.3. The summed E-state index contributed by atoms with van der Waals surface area (Å²) >= 11 is 7.38.